The molecule has 16 heavy (non-hydrogen) atoms. The van der Waals surface area contributed by atoms with Gasteiger partial charge in [-0.15, -0.1) is 0 Å². The van der Waals surface area contributed by atoms with Crippen molar-refractivity contribution >= 4 is 0 Å². The van der Waals surface area contributed by atoms with Gasteiger partial charge in [-0.2, -0.15) is 5.06 Å². The molecule has 0 bridgehead atoms. The van der Waals surface area contributed by atoms with Gasteiger partial charge in [-0.1, -0.05) is 0 Å². The molecule has 0 aromatic rings. The summed E-state index contributed by atoms with van der Waals surface area (Å²) in [6.45, 7) is 13.1. The Morgan fingerprint density at radius 2 is 1.50 bits per heavy atom. The van der Waals surface area contributed by atoms with E-state index in [1.54, 1.807) is 7.11 Å². The second-order valence-electron chi connectivity index (χ2n) is 6.34. The predicted octanol–water partition coefficient (Wildman–Crippen LogP) is 2.99. The summed E-state index contributed by atoms with van der Waals surface area (Å²) in [5.41, 5.74) is 0.0411. The van der Waals surface area contributed by atoms with E-state index in [9.17, 15) is 0 Å². The van der Waals surface area contributed by atoms with Crippen LogP contribution in [0.2, 0.25) is 0 Å². The summed E-state index contributed by atoms with van der Waals surface area (Å²) in [5, 5.41) is 2.17. The van der Waals surface area contributed by atoms with Crippen molar-refractivity contribution in [2.75, 3.05) is 7.11 Å². The smallest absolute Gasteiger partial charge is 0.0737 e. The molecule has 1 aliphatic rings. The lowest BCUT2D eigenvalue weighted by Gasteiger charge is -2.54. The number of nitrogens with zero attached hydrogens (tertiary/aromatic N) is 1. The number of hydrogen-bond acceptors (Lipinski definition) is 3. The molecule has 3 nitrogen and oxygen atoms in total. The van der Waals surface area contributed by atoms with Crippen molar-refractivity contribution in [1.82, 2.24) is 5.06 Å². The molecule has 0 atom stereocenters. The molecule has 1 heterocycles. The first-order valence-electron chi connectivity index (χ1n) is 6.19. The third-order valence-corrected chi connectivity index (χ3v) is 3.20. The van der Waals surface area contributed by atoms with E-state index in [1.165, 1.54) is 0 Å². The highest BCUT2D eigenvalue weighted by Crippen LogP contribution is 2.39. The fourth-order valence-electron chi connectivity index (χ4n) is 2.83. The Bertz CT molecular complexity index is 218. The number of hydroxylamine groups is 2. The minimum atomic E-state index is 0.0205. The van der Waals surface area contributed by atoms with E-state index in [0.717, 1.165) is 12.8 Å². The number of hydrogen-bond donors (Lipinski definition) is 0. The molecule has 0 saturated carbocycles. The molecule has 1 aliphatic heterocycles. The van der Waals surface area contributed by atoms with E-state index in [0.29, 0.717) is 6.10 Å². The van der Waals surface area contributed by atoms with Gasteiger partial charge in [-0.3, -0.25) is 4.84 Å². The van der Waals surface area contributed by atoms with Crippen molar-refractivity contribution in [1.29, 1.82) is 0 Å². The Morgan fingerprint density at radius 1 is 1.06 bits per heavy atom. The molecule has 1 saturated heterocycles. The van der Waals surface area contributed by atoms with Crippen molar-refractivity contribution in [2.24, 2.45) is 0 Å². The SMILES string of the molecule is COC1CC(C)(C)N(OC(C)C)C(C)(C)C1. The number of rotatable bonds is 3. The molecular formula is C13H27NO2. The first kappa shape index (κ1) is 13.9. The van der Waals surface area contributed by atoms with E-state index in [4.69, 9.17) is 9.57 Å². The summed E-state index contributed by atoms with van der Waals surface area (Å²) < 4.78 is 5.53. The van der Waals surface area contributed by atoms with Crippen molar-refractivity contribution in [3.8, 4) is 0 Å². The molecule has 0 unspecified atom stereocenters. The highest BCUT2D eigenvalue weighted by molar-refractivity contribution is 4.97. The molecule has 3 heteroatoms. The molecule has 0 radical (unpaired) electrons. The van der Waals surface area contributed by atoms with Crippen LogP contribution in [0.15, 0.2) is 0 Å². The van der Waals surface area contributed by atoms with Crippen LogP contribution in [0.1, 0.15) is 54.4 Å². The van der Waals surface area contributed by atoms with Gasteiger partial charge in [0.15, 0.2) is 0 Å². The van der Waals surface area contributed by atoms with Gasteiger partial charge < -0.3 is 4.74 Å². The summed E-state index contributed by atoms with van der Waals surface area (Å²) in [5.74, 6) is 0. The van der Waals surface area contributed by atoms with Gasteiger partial charge >= 0.3 is 0 Å². The summed E-state index contributed by atoms with van der Waals surface area (Å²) >= 11 is 0. The fourth-order valence-corrected chi connectivity index (χ4v) is 2.83. The highest BCUT2D eigenvalue weighted by atomic mass is 16.7. The topological polar surface area (TPSA) is 21.7 Å². The number of methoxy groups -OCH3 is 1. The maximum atomic E-state index is 5.99. The van der Waals surface area contributed by atoms with Crippen LogP contribution in [0.25, 0.3) is 0 Å². The van der Waals surface area contributed by atoms with Crippen LogP contribution in [0.5, 0.6) is 0 Å². The first-order chi connectivity index (χ1) is 7.19. The highest BCUT2D eigenvalue weighted by Gasteiger charge is 2.46. The normalized spacial score (nSPS) is 26.2. The van der Waals surface area contributed by atoms with E-state index >= 15 is 0 Å². The molecule has 0 aromatic heterocycles. The Kier molecular flexibility index (Phi) is 4.04. The van der Waals surface area contributed by atoms with E-state index in [-0.39, 0.29) is 17.2 Å². The quantitative estimate of drug-likeness (QED) is 0.742. The molecule has 0 aliphatic carbocycles. The van der Waals surface area contributed by atoms with Gasteiger partial charge in [0.05, 0.1) is 12.2 Å². The Labute approximate surface area is 100 Å². The van der Waals surface area contributed by atoms with Gasteiger partial charge in [-0.25, -0.2) is 0 Å². The van der Waals surface area contributed by atoms with Gasteiger partial charge in [0.25, 0.3) is 0 Å². The predicted molar refractivity (Wildman–Crippen MR) is 66.2 cm³/mol. The van der Waals surface area contributed by atoms with Gasteiger partial charge in [0.1, 0.15) is 0 Å². The zero-order valence-electron chi connectivity index (χ0n) is 11.8. The summed E-state index contributed by atoms with van der Waals surface area (Å²) in [7, 11) is 1.80. The molecule has 0 amide bonds. The minimum Gasteiger partial charge on any atom is -0.381 e. The first-order valence-corrected chi connectivity index (χ1v) is 6.19. The lowest BCUT2D eigenvalue weighted by atomic mass is 9.80. The zero-order chi connectivity index (χ0) is 12.6. The monoisotopic (exact) mass is 229 g/mol. The summed E-state index contributed by atoms with van der Waals surface area (Å²) in [6, 6.07) is 0. The van der Waals surface area contributed by atoms with Crippen LogP contribution in [0, 0.1) is 0 Å². The Balaban J connectivity index is 2.87. The molecule has 96 valence electrons. The largest absolute Gasteiger partial charge is 0.381 e. The van der Waals surface area contributed by atoms with Crippen molar-refractivity contribution in [3.63, 3.8) is 0 Å². The van der Waals surface area contributed by atoms with Crippen molar-refractivity contribution in [3.05, 3.63) is 0 Å². The van der Waals surface area contributed by atoms with Gasteiger partial charge in [-0.05, 0) is 54.4 Å². The molecule has 0 N–H and O–H groups in total. The van der Waals surface area contributed by atoms with Crippen LogP contribution in [0.4, 0.5) is 0 Å². The molecule has 0 spiro atoms. The van der Waals surface area contributed by atoms with Crippen LogP contribution in [-0.2, 0) is 9.57 Å². The lowest BCUT2D eigenvalue weighted by Crippen LogP contribution is -2.62. The van der Waals surface area contributed by atoms with E-state index in [2.05, 4.69) is 46.6 Å². The molecular weight excluding hydrogens is 202 g/mol. The maximum Gasteiger partial charge on any atom is 0.0737 e. The van der Waals surface area contributed by atoms with Crippen LogP contribution >= 0.6 is 0 Å². The van der Waals surface area contributed by atoms with E-state index < -0.39 is 0 Å². The minimum absolute atomic E-state index is 0.0205. The number of ether oxygens (including phenoxy) is 1. The third-order valence-electron chi connectivity index (χ3n) is 3.20. The average molecular weight is 229 g/mol. The van der Waals surface area contributed by atoms with Crippen LogP contribution in [0.3, 0.4) is 0 Å². The molecule has 1 rings (SSSR count). The Morgan fingerprint density at radius 3 is 1.81 bits per heavy atom. The van der Waals surface area contributed by atoms with Gasteiger partial charge in [0, 0.05) is 18.2 Å². The average Bonchev–Trinajstić information content (AvgIpc) is 2.10. The van der Waals surface area contributed by atoms with Crippen LogP contribution in [-0.4, -0.2) is 35.5 Å². The molecule has 0 aromatic carbocycles. The summed E-state index contributed by atoms with van der Waals surface area (Å²) in [4.78, 5) is 5.99. The summed E-state index contributed by atoms with van der Waals surface area (Å²) in [6.07, 6.45) is 2.58. The Hall–Kier alpha value is -0.120. The van der Waals surface area contributed by atoms with Crippen molar-refractivity contribution in [2.45, 2.75) is 77.7 Å². The van der Waals surface area contributed by atoms with E-state index in [1.807, 2.05) is 0 Å². The standard InChI is InChI=1S/C13H27NO2/c1-10(2)16-14-12(3,4)8-11(15-7)9-13(14,5)6/h10-11H,8-9H2,1-7H3. The van der Waals surface area contributed by atoms with Crippen LogP contribution < -0.4 is 0 Å². The fraction of sp³-hybridized carbons (Fsp3) is 1.00. The second-order valence-corrected chi connectivity index (χ2v) is 6.34. The third kappa shape index (κ3) is 2.96. The van der Waals surface area contributed by atoms with Crippen molar-refractivity contribution < 1.29 is 9.57 Å². The molecule has 1 fully saturated rings. The number of piperidine rings is 1. The maximum absolute atomic E-state index is 5.99. The lowest BCUT2D eigenvalue weighted by molar-refractivity contribution is -0.309. The van der Waals surface area contributed by atoms with Gasteiger partial charge in [0.2, 0.25) is 0 Å². The second kappa shape index (κ2) is 4.63. The zero-order valence-corrected chi connectivity index (χ0v) is 11.8.